The van der Waals surface area contributed by atoms with Gasteiger partial charge in [0.1, 0.15) is 5.69 Å². The molecule has 8 nitrogen and oxygen atoms in total. The van der Waals surface area contributed by atoms with Gasteiger partial charge >= 0.3 is 5.97 Å². The van der Waals surface area contributed by atoms with Gasteiger partial charge < -0.3 is 19.1 Å². The van der Waals surface area contributed by atoms with E-state index in [1.165, 1.54) is 11.3 Å². The van der Waals surface area contributed by atoms with Crippen molar-refractivity contribution in [2.75, 3.05) is 26.7 Å². The molecule has 1 amide bonds. The average molecular weight is 515 g/mol. The number of thiophene rings is 1. The van der Waals surface area contributed by atoms with Crippen molar-refractivity contribution in [1.29, 1.82) is 0 Å². The highest BCUT2D eigenvalue weighted by atomic mass is 35.5. The predicted octanol–water partition coefficient (Wildman–Crippen LogP) is 5.26. The highest BCUT2D eigenvalue weighted by Crippen LogP contribution is 2.25. The van der Waals surface area contributed by atoms with Gasteiger partial charge in [0.15, 0.2) is 5.76 Å². The number of hydrogen-bond donors (Lipinski definition) is 0. The number of piperidine rings is 1. The molecule has 0 aliphatic carbocycles. The molecule has 3 aromatic rings. The summed E-state index contributed by atoms with van der Waals surface area (Å²) in [6, 6.07) is 13.0. The van der Waals surface area contributed by atoms with Gasteiger partial charge in [-0.3, -0.25) is 9.59 Å². The van der Waals surface area contributed by atoms with Crippen LogP contribution in [0.15, 0.2) is 52.0 Å². The van der Waals surface area contributed by atoms with Crippen molar-refractivity contribution < 1.29 is 18.8 Å². The molecule has 1 saturated heterocycles. The second-order valence-electron chi connectivity index (χ2n) is 8.30. The Kier molecular flexibility index (Phi) is 8.20. The zero-order chi connectivity index (χ0) is 24.8. The lowest BCUT2D eigenvalue weighted by Gasteiger charge is -2.29. The summed E-state index contributed by atoms with van der Waals surface area (Å²) in [6.45, 7) is 4.12. The number of hydrogen-bond acceptors (Lipinski definition) is 7. The quantitative estimate of drug-likeness (QED) is 0.231. The maximum absolute atomic E-state index is 12.5. The summed E-state index contributed by atoms with van der Waals surface area (Å²) in [6.07, 6.45) is 3.39. The highest BCUT2D eigenvalue weighted by Gasteiger charge is 2.24. The van der Waals surface area contributed by atoms with E-state index in [0.717, 1.165) is 37.2 Å². The van der Waals surface area contributed by atoms with Crippen molar-refractivity contribution in [3.05, 3.63) is 57.4 Å². The number of aromatic nitrogens is 1. The summed E-state index contributed by atoms with van der Waals surface area (Å²) in [5, 5.41) is 4.14. The third-order valence-electron chi connectivity index (χ3n) is 5.77. The van der Waals surface area contributed by atoms with Crippen molar-refractivity contribution in [1.82, 2.24) is 15.0 Å². The van der Waals surface area contributed by atoms with Crippen LogP contribution in [0.3, 0.4) is 0 Å². The van der Waals surface area contributed by atoms with Gasteiger partial charge in [0, 0.05) is 31.8 Å². The Morgan fingerprint density at radius 3 is 2.66 bits per heavy atom. The summed E-state index contributed by atoms with van der Waals surface area (Å²) in [7, 11) is 1.71. The van der Waals surface area contributed by atoms with Gasteiger partial charge in [-0.2, -0.15) is 0 Å². The van der Waals surface area contributed by atoms with Crippen LogP contribution in [0, 0.1) is 5.92 Å². The molecule has 0 bridgehead atoms. The number of likely N-dealkylation sites (tertiary alicyclic amines) is 1. The van der Waals surface area contributed by atoms with Gasteiger partial charge in [0.25, 0.3) is 5.91 Å². The normalized spacial score (nSPS) is 14.4. The van der Waals surface area contributed by atoms with Crippen LogP contribution in [0.1, 0.15) is 35.2 Å². The molecule has 3 heterocycles. The molecule has 1 aliphatic heterocycles. The molecule has 0 spiro atoms. The first-order valence-electron chi connectivity index (χ1n) is 11.4. The molecule has 2 aromatic heterocycles. The van der Waals surface area contributed by atoms with Gasteiger partial charge in [-0.05, 0) is 44.0 Å². The van der Waals surface area contributed by atoms with E-state index in [-0.39, 0.29) is 17.8 Å². The SMILES string of the molecule is CCOC(=O)C1CCN(/C=N/c2ccc(-c3cc(CN(C)C(=O)c4ccc(Cl)s4)on3)cc2)CC1. The minimum Gasteiger partial charge on any atom is -0.466 e. The molecule has 0 atom stereocenters. The monoisotopic (exact) mass is 514 g/mol. The number of benzene rings is 1. The second-order valence-corrected chi connectivity index (χ2v) is 10.0. The Labute approximate surface area is 213 Å². The number of aliphatic imine (C=N–C) groups is 1. The predicted molar refractivity (Wildman–Crippen MR) is 136 cm³/mol. The molecule has 1 aliphatic rings. The largest absolute Gasteiger partial charge is 0.466 e. The topological polar surface area (TPSA) is 88.2 Å². The molecule has 0 N–H and O–H groups in total. The maximum Gasteiger partial charge on any atom is 0.309 e. The Morgan fingerprint density at radius 2 is 2.00 bits per heavy atom. The van der Waals surface area contributed by atoms with Crippen molar-refractivity contribution in [2.45, 2.75) is 26.3 Å². The van der Waals surface area contributed by atoms with Crippen LogP contribution in [0.2, 0.25) is 4.34 Å². The fourth-order valence-corrected chi connectivity index (χ4v) is 4.86. The number of nitrogens with zero attached hydrogens (tertiary/aromatic N) is 4. The van der Waals surface area contributed by atoms with E-state index in [0.29, 0.717) is 33.8 Å². The molecule has 4 rings (SSSR count). The molecule has 1 aromatic carbocycles. The number of amides is 1. The lowest BCUT2D eigenvalue weighted by molar-refractivity contribution is -0.149. The molecular weight excluding hydrogens is 488 g/mol. The summed E-state index contributed by atoms with van der Waals surface area (Å²) in [5.41, 5.74) is 2.41. The van der Waals surface area contributed by atoms with Gasteiger partial charge in [0.2, 0.25) is 0 Å². The summed E-state index contributed by atoms with van der Waals surface area (Å²) in [5.74, 6) is 0.360. The minimum atomic E-state index is -0.118. The van der Waals surface area contributed by atoms with Gasteiger partial charge in [-0.15, -0.1) is 11.3 Å². The molecule has 10 heteroatoms. The van der Waals surface area contributed by atoms with E-state index in [1.54, 1.807) is 24.1 Å². The second kappa shape index (κ2) is 11.5. The zero-order valence-corrected chi connectivity index (χ0v) is 21.2. The molecule has 0 saturated carbocycles. The van der Waals surface area contributed by atoms with Gasteiger partial charge in [-0.25, -0.2) is 4.99 Å². The smallest absolute Gasteiger partial charge is 0.309 e. The Balaban J connectivity index is 1.30. The number of carbonyl (C=O) groups excluding carboxylic acids is 2. The summed E-state index contributed by atoms with van der Waals surface area (Å²) < 4.78 is 11.1. The van der Waals surface area contributed by atoms with Crippen molar-refractivity contribution in [2.24, 2.45) is 10.9 Å². The first-order valence-corrected chi connectivity index (χ1v) is 12.6. The van der Waals surface area contributed by atoms with Crippen LogP contribution in [-0.4, -0.2) is 59.9 Å². The van der Waals surface area contributed by atoms with Crippen LogP contribution in [0.25, 0.3) is 11.3 Å². The molecular formula is C25H27ClN4O4S. The number of rotatable bonds is 8. The van der Waals surface area contributed by atoms with E-state index >= 15 is 0 Å². The number of esters is 1. The molecule has 1 fully saturated rings. The van der Waals surface area contributed by atoms with Crippen molar-refractivity contribution in [3.8, 4) is 11.3 Å². The van der Waals surface area contributed by atoms with Crippen molar-refractivity contribution >= 4 is 46.8 Å². The first-order chi connectivity index (χ1) is 16.9. The average Bonchev–Trinajstić information content (AvgIpc) is 3.52. The van der Waals surface area contributed by atoms with E-state index < -0.39 is 0 Å². The Bertz CT molecular complexity index is 1180. The fraction of sp³-hybridized carbons (Fsp3) is 0.360. The number of halogens is 1. The molecule has 0 unspecified atom stereocenters. The van der Waals surface area contributed by atoms with Crippen molar-refractivity contribution in [3.63, 3.8) is 0 Å². The first kappa shape index (κ1) is 24.9. The van der Waals surface area contributed by atoms with Crippen LogP contribution in [0.4, 0.5) is 5.69 Å². The maximum atomic E-state index is 12.5. The van der Waals surface area contributed by atoms with E-state index in [4.69, 9.17) is 20.9 Å². The molecule has 35 heavy (non-hydrogen) atoms. The Morgan fingerprint density at radius 1 is 1.26 bits per heavy atom. The van der Waals surface area contributed by atoms with Crippen LogP contribution >= 0.6 is 22.9 Å². The lowest BCUT2D eigenvalue weighted by atomic mass is 9.97. The van der Waals surface area contributed by atoms with E-state index in [1.807, 2.05) is 43.6 Å². The van der Waals surface area contributed by atoms with Crippen LogP contribution in [0.5, 0.6) is 0 Å². The third-order valence-corrected chi connectivity index (χ3v) is 6.98. The van der Waals surface area contributed by atoms with Gasteiger partial charge in [-0.1, -0.05) is 28.9 Å². The third kappa shape index (κ3) is 6.49. The molecule has 0 radical (unpaired) electrons. The van der Waals surface area contributed by atoms with E-state index in [2.05, 4.69) is 15.0 Å². The fourth-order valence-electron chi connectivity index (χ4n) is 3.82. The summed E-state index contributed by atoms with van der Waals surface area (Å²) >= 11 is 7.18. The number of ether oxygens (including phenoxy) is 1. The summed E-state index contributed by atoms with van der Waals surface area (Å²) in [4.78, 5) is 33.2. The Hall–Kier alpha value is -3.17. The standard InChI is InChI=1S/C25H27ClN4O4S/c1-3-33-25(32)18-10-12-30(13-11-18)16-27-19-6-4-17(5-7-19)21-14-20(34-28-21)15-29(2)24(31)22-8-9-23(26)35-22/h4-9,14,16,18H,3,10-13,15H2,1-2H3/b27-16+. The van der Waals surface area contributed by atoms with Crippen LogP contribution < -0.4 is 0 Å². The van der Waals surface area contributed by atoms with E-state index in [9.17, 15) is 9.59 Å². The minimum absolute atomic E-state index is 0.0154. The highest BCUT2D eigenvalue weighted by molar-refractivity contribution is 7.17. The lowest BCUT2D eigenvalue weighted by Crippen LogP contribution is -2.36. The number of carbonyl (C=O) groups is 2. The van der Waals surface area contributed by atoms with Gasteiger partial charge in [0.05, 0.1) is 40.3 Å². The zero-order valence-electron chi connectivity index (χ0n) is 19.6. The van der Waals surface area contributed by atoms with Crippen LogP contribution in [-0.2, 0) is 16.1 Å². The molecule has 184 valence electrons.